The van der Waals surface area contributed by atoms with Gasteiger partial charge in [0.25, 0.3) is 15.9 Å². The zero-order valence-corrected chi connectivity index (χ0v) is 22.5. The first-order valence-electron chi connectivity index (χ1n) is 11.3. The predicted molar refractivity (Wildman–Crippen MR) is 144 cm³/mol. The molecule has 0 saturated heterocycles. The van der Waals surface area contributed by atoms with E-state index in [2.05, 4.69) is 10.6 Å². The van der Waals surface area contributed by atoms with Crippen molar-refractivity contribution >= 4 is 44.8 Å². The highest BCUT2D eigenvalue weighted by molar-refractivity contribution is 7.92. The summed E-state index contributed by atoms with van der Waals surface area (Å²) in [7, 11) is -4.10. The quantitative estimate of drug-likeness (QED) is 0.434. The van der Waals surface area contributed by atoms with Gasteiger partial charge >= 0.3 is 0 Å². The van der Waals surface area contributed by atoms with E-state index in [-0.39, 0.29) is 22.1 Å². The van der Waals surface area contributed by atoms with Gasteiger partial charge in [-0.3, -0.25) is 13.9 Å². The summed E-state index contributed by atoms with van der Waals surface area (Å²) in [5.41, 5.74) is 2.31. The number of amides is 2. The molecule has 0 aliphatic rings. The lowest BCUT2D eigenvalue weighted by atomic mass is 10.1. The maximum absolute atomic E-state index is 13.6. The SMILES string of the molecule is Cc1ccc(N(CC(=O)Nc2ccccc2C(=O)NC(C)(C)C)S(=O)(=O)c2ccc(Cl)cc2)cc1C. The molecule has 0 atom stereocenters. The largest absolute Gasteiger partial charge is 0.347 e. The van der Waals surface area contributed by atoms with Crippen LogP contribution in [0.1, 0.15) is 42.3 Å². The van der Waals surface area contributed by atoms with Crippen LogP contribution in [0.3, 0.4) is 0 Å². The summed E-state index contributed by atoms with van der Waals surface area (Å²) in [5.74, 6) is -0.944. The molecule has 0 bridgehead atoms. The van der Waals surface area contributed by atoms with E-state index < -0.39 is 28.0 Å². The Kier molecular flexibility index (Phi) is 8.11. The molecular formula is C27H30ClN3O4S. The fraction of sp³-hybridized carbons (Fsp3) is 0.259. The van der Waals surface area contributed by atoms with E-state index in [1.165, 1.54) is 24.3 Å². The Morgan fingerprint density at radius 2 is 1.56 bits per heavy atom. The summed E-state index contributed by atoms with van der Waals surface area (Å²) < 4.78 is 28.2. The number of hydrogen-bond donors (Lipinski definition) is 2. The van der Waals surface area contributed by atoms with E-state index in [0.29, 0.717) is 10.7 Å². The molecule has 0 aromatic heterocycles. The molecule has 3 rings (SSSR count). The number of rotatable bonds is 7. The highest BCUT2D eigenvalue weighted by atomic mass is 35.5. The van der Waals surface area contributed by atoms with Crippen molar-refractivity contribution in [2.24, 2.45) is 0 Å². The Labute approximate surface area is 217 Å². The van der Waals surface area contributed by atoms with Gasteiger partial charge in [-0.05, 0) is 94.3 Å². The number of carbonyl (C=O) groups is 2. The van der Waals surface area contributed by atoms with E-state index >= 15 is 0 Å². The maximum Gasteiger partial charge on any atom is 0.264 e. The Morgan fingerprint density at radius 3 is 2.17 bits per heavy atom. The van der Waals surface area contributed by atoms with Crippen molar-refractivity contribution in [3.63, 3.8) is 0 Å². The van der Waals surface area contributed by atoms with Crippen molar-refractivity contribution in [2.45, 2.75) is 45.1 Å². The van der Waals surface area contributed by atoms with E-state index in [0.717, 1.165) is 15.4 Å². The average molecular weight is 528 g/mol. The number of sulfonamides is 1. The molecule has 0 aliphatic carbocycles. The molecule has 7 nitrogen and oxygen atoms in total. The van der Waals surface area contributed by atoms with Gasteiger partial charge in [0.1, 0.15) is 6.54 Å². The summed E-state index contributed by atoms with van der Waals surface area (Å²) in [6, 6.07) is 17.5. The summed E-state index contributed by atoms with van der Waals surface area (Å²) in [4.78, 5) is 25.9. The third-order valence-electron chi connectivity index (χ3n) is 5.40. The van der Waals surface area contributed by atoms with Crippen LogP contribution in [-0.4, -0.2) is 32.3 Å². The molecule has 0 unspecified atom stereocenters. The van der Waals surface area contributed by atoms with Crippen LogP contribution >= 0.6 is 11.6 Å². The Bertz CT molecular complexity index is 1380. The van der Waals surface area contributed by atoms with Crippen molar-refractivity contribution in [1.82, 2.24) is 5.32 Å². The summed E-state index contributed by atoms with van der Waals surface area (Å²) in [6.45, 7) is 8.86. The molecule has 0 heterocycles. The second kappa shape index (κ2) is 10.7. The summed E-state index contributed by atoms with van der Waals surface area (Å²) in [5, 5.41) is 5.98. The number of halogens is 1. The molecule has 2 amide bonds. The van der Waals surface area contributed by atoms with Crippen molar-refractivity contribution in [3.8, 4) is 0 Å². The number of nitrogens with zero attached hydrogens (tertiary/aromatic N) is 1. The fourth-order valence-corrected chi connectivity index (χ4v) is 4.99. The van der Waals surface area contributed by atoms with Crippen molar-refractivity contribution in [2.75, 3.05) is 16.2 Å². The monoisotopic (exact) mass is 527 g/mol. The van der Waals surface area contributed by atoms with Crippen LogP contribution < -0.4 is 14.9 Å². The minimum Gasteiger partial charge on any atom is -0.347 e. The van der Waals surface area contributed by atoms with Crippen LogP contribution in [0.4, 0.5) is 11.4 Å². The molecule has 3 aromatic rings. The van der Waals surface area contributed by atoms with Crippen molar-refractivity contribution in [1.29, 1.82) is 0 Å². The predicted octanol–water partition coefficient (Wildman–Crippen LogP) is 5.32. The van der Waals surface area contributed by atoms with Crippen LogP contribution in [0.25, 0.3) is 0 Å². The molecule has 36 heavy (non-hydrogen) atoms. The van der Waals surface area contributed by atoms with Gasteiger partial charge in [-0.1, -0.05) is 29.8 Å². The number of carbonyl (C=O) groups excluding carboxylic acids is 2. The van der Waals surface area contributed by atoms with Gasteiger partial charge in [-0.15, -0.1) is 0 Å². The van der Waals surface area contributed by atoms with E-state index in [1.54, 1.807) is 42.5 Å². The van der Waals surface area contributed by atoms with Crippen molar-refractivity contribution in [3.05, 3.63) is 88.4 Å². The van der Waals surface area contributed by atoms with Gasteiger partial charge in [0.15, 0.2) is 0 Å². The highest BCUT2D eigenvalue weighted by Gasteiger charge is 2.28. The molecule has 0 radical (unpaired) electrons. The molecule has 0 spiro atoms. The number of aryl methyl sites for hydroxylation is 2. The normalized spacial score (nSPS) is 11.6. The Morgan fingerprint density at radius 1 is 0.917 bits per heavy atom. The third kappa shape index (κ3) is 6.65. The zero-order chi connectivity index (χ0) is 26.7. The van der Waals surface area contributed by atoms with Crippen LogP contribution in [0, 0.1) is 13.8 Å². The van der Waals surface area contributed by atoms with E-state index in [1.807, 2.05) is 34.6 Å². The molecular weight excluding hydrogens is 498 g/mol. The first kappa shape index (κ1) is 27.2. The molecule has 0 fully saturated rings. The molecule has 190 valence electrons. The Balaban J connectivity index is 1.95. The third-order valence-corrected chi connectivity index (χ3v) is 7.44. The smallest absolute Gasteiger partial charge is 0.264 e. The second-order valence-corrected chi connectivity index (χ2v) is 11.8. The van der Waals surface area contributed by atoms with Gasteiger partial charge in [-0.25, -0.2) is 8.42 Å². The summed E-state index contributed by atoms with van der Waals surface area (Å²) >= 11 is 5.95. The maximum atomic E-state index is 13.6. The first-order chi connectivity index (χ1) is 16.8. The molecule has 0 aliphatic heterocycles. The van der Waals surface area contributed by atoms with E-state index in [9.17, 15) is 18.0 Å². The fourth-order valence-electron chi connectivity index (χ4n) is 3.45. The minimum absolute atomic E-state index is 0.00267. The second-order valence-electron chi connectivity index (χ2n) is 9.53. The lowest BCUT2D eigenvalue weighted by Crippen LogP contribution is -2.41. The lowest BCUT2D eigenvalue weighted by molar-refractivity contribution is -0.114. The van der Waals surface area contributed by atoms with E-state index in [4.69, 9.17) is 11.6 Å². The molecule has 3 aromatic carbocycles. The highest BCUT2D eigenvalue weighted by Crippen LogP contribution is 2.27. The molecule has 9 heteroatoms. The molecule has 2 N–H and O–H groups in total. The van der Waals surface area contributed by atoms with Crippen LogP contribution in [-0.2, 0) is 14.8 Å². The number of benzene rings is 3. The van der Waals surface area contributed by atoms with Crippen LogP contribution in [0.2, 0.25) is 5.02 Å². The standard InChI is InChI=1S/C27H30ClN3O4S/c1-18-10-13-21(16-19(18)2)31(36(34,35)22-14-11-20(28)12-15-22)17-25(32)29-24-9-7-6-8-23(24)26(33)30-27(3,4)5/h6-16H,17H2,1-5H3,(H,29,32)(H,30,33). The zero-order valence-electron chi connectivity index (χ0n) is 20.9. The van der Waals surface area contributed by atoms with Crippen LogP contribution in [0.5, 0.6) is 0 Å². The lowest BCUT2D eigenvalue weighted by Gasteiger charge is -2.25. The van der Waals surface area contributed by atoms with Crippen molar-refractivity contribution < 1.29 is 18.0 Å². The number of hydrogen-bond acceptors (Lipinski definition) is 4. The summed E-state index contributed by atoms with van der Waals surface area (Å²) in [6.07, 6.45) is 0. The average Bonchev–Trinajstić information content (AvgIpc) is 2.79. The topological polar surface area (TPSA) is 95.6 Å². The molecule has 0 saturated carbocycles. The number of anilines is 2. The van der Waals surface area contributed by atoms with Gasteiger partial charge in [-0.2, -0.15) is 0 Å². The van der Waals surface area contributed by atoms with Gasteiger partial charge in [0.05, 0.1) is 21.8 Å². The number of nitrogens with one attached hydrogen (secondary N) is 2. The first-order valence-corrected chi connectivity index (χ1v) is 13.2. The Hall–Kier alpha value is -3.36. The van der Waals surface area contributed by atoms with Crippen LogP contribution in [0.15, 0.2) is 71.6 Å². The van der Waals surface area contributed by atoms with Gasteiger partial charge < -0.3 is 10.6 Å². The van der Waals surface area contributed by atoms with Gasteiger partial charge in [0, 0.05) is 10.6 Å². The number of para-hydroxylation sites is 1. The minimum atomic E-state index is -4.10. The van der Waals surface area contributed by atoms with Gasteiger partial charge in [0.2, 0.25) is 5.91 Å².